The summed E-state index contributed by atoms with van der Waals surface area (Å²) in [6, 6.07) is 7.81. The van der Waals surface area contributed by atoms with Gasteiger partial charge in [0.15, 0.2) is 34.4 Å². The molecule has 0 radical (unpaired) electrons. The molecule has 2 aromatic carbocycles. The van der Waals surface area contributed by atoms with Crippen LogP contribution >= 0.6 is 27.3 Å². The highest BCUT2D eigenvalue weighted by molar-refractivity contribution is 9.10. The summed E-state index contributed by atoms with van der Waals surface area (Å²) in [6.45, 7) is 8.94. The van der Waals surface area contributed by atoms with Crippen LogP contribution in [0, 0.1) is 0 Å². The summed E-state index contributed by atoms with van der Waals surface area (Å²) in [7, 11) is 1.53. The van der Waals surface area contributed by atoms with Gasteiger partial charge in [0.1, 0.15) is 0 Å². The molecule has 0 bridgehead atoms. The Kier molecular flexibility index (Phi) is 10.5. The lowest BCUT2D eigenvalue weighted by molar-refractivity contribution is -0.140. The summed E-state index contributed by atoms with van der Waals surface area (Å²) >= 11 is 4.60. The normalized spacial score (nSPS) is 14.6. The van der Waals surface area contributed by atoms with Gasteiger partial charge in [0, 0.05) is 0 Å². The number of carboxylic acids is 1. The first-order valence-corrected chi connectivity index (χ1v) is 15.4. The number of methoxy groups -OCH3 is 1. The number of carbonyl (C=O) groups excluding carboxylic acids is 1. The molecule has 11 nitrogen and oxygen atoms in total. The first-order chi connectivity index (χ1) is 21.0. The molecule has 4 rings (SSSR count). The lowest BCUT2D eigenvalue weighted by Gasteiger charge is -2.25. The van der Waals surface area contributed by atoms with Crippen molar-refractivity contribution < 1.29 is 38.4 Å². The third-order valence-corrected chi connectivity index (χ3v) is 7.92. The summed E-state index contributed by atoms with van der Waals surface area (Å²) < 4.78 is 30.3. The zero-order chi connectivity index (χ0) is 32.1. The molecule has 0 saturated heterocycles. The smallest absolute Gasteiger partial charge is 0.341 e. The van der Waals surface area contributed by atoms with Crippen LogP contribution in [0.1, 0.15) is 51.8 Å². The van der Waals surface area contributed by atoms with Gasteiger partial charge in [-0.3, -0.25) is 9.36 Å². The van der Waals surface area contributed by atoms with Crippen LogP contribution in [0.2, 0.25) is 0 Å². The van der Waals surface area contributed by atoms with Crippen molar-refractivity contribution in [2.45, 2.75) is 46.8 Å². The van der Waals surface area contributed by atoms with Gasteiger partial charge in [0.25, 0.3) is 5.56 Å². The first kappa shape index (κ1) is 32.8. The van der Waals surface area contributed by atoms with Gasteiger partial charge in [-0.15, -0.1) is 0 Å². The minimum absolute atomic E-state index is 0.0919. The fraction of sp³-hybridized carbons (Fsp3) is 0.355. The number of benzene rings is 2. The van der Waals surface area contributed by atoms with Crippen LogP contribution in [0.3, 0.4) is 0 Å². The number of hydrogen-bond donors (Lipinski definition) is 1. The van der Waals surface area contributed by atoms with Crippen molar-refractivity contribution in [2.75, 3.05) is 26.9 Å². The number of fused-ring (bicyclic) bond motifs is 1. The Labute approximate surface area is 266 Å². The molecule has 1 atom stereocenters. The lowest BCUT2D eigenvalue weighted by atomic mass is 9.95. The van der Waals surface area contributed by atoms with Crippen molar-refractivity contribution in [1.82, 2.24) is 4.57 Å². The van der Waals surface area contributed by atoms with E-state index in [9.17, 15) is 14.4 Å². The van der Waals surface area contributed by atoms with Crippen LogP contribution in [-0.4, -0.2) is 54.6 Å². The molecule has 1 aliphatic rings. The number of aliphatic carboxylic acids is 1. The number of carbonyl (C=O) groups is 2. The molecule has 0 fully saturated rings. The summed E-state index contributed by atoms with van der Waals surface area (Å²) in [5.74, 6) is -0.163. The number of hydrogen-bond acceptors (Lipinski definition) is 10. The van der Waals surface area contributed by atoms with Gasteiger partial charge in [0.2, 0.25) is 0 Å². The Morgan fingerprint density at radius 2 is 1.86 bits per heavy atom. The second kappa shape index (κ2) is 14.1. The molecule has 0 saturated carbocycles. The Bertz CT molecular complexity index is 1790. The van der Waals surface area contributed by atoms with Crippen molar-refractivity contribution in [2.24, 2.45) is 4.99 Å². The summed E-state index contributed by atoms with van der Waals surface area (Å²) in [6.07, 6.45) is 1.59. The highest BCUT2D eigenvalue weighted by Crippen LogP contribution is 2.38. The zero-order valence-electron chi connectivity index (χ0n) is 25.1. The zero-order valence-corrected chi connectivity index (χ0v) is 27.5. The molecular formula is C31H33BrN2O9S. The van der Waals surface area contributed by atoms with E-state index in [1.807, 2.05) is 13.8 Å². The van der Waals surface area contributed by atoms with Gasteiger partial charge < -0.3 is 28.8 Å². The molecule has 1 aromatic heterocycles. The predicted molar refractivity (Wildman–Crippen MR) is 168 cm³/mol. The molecule has 13 heteroatoms. The molecule has 1 aliphatic heterocycles. The summed E-state index contributed by atoms with van der Waals surface area (Å²) in [5.41, 5.74) is 1.53. The van der Waals surface area contributed by atoms with Crippen molar-refractivity contribution in [3.63, 3.8) is 0 Å². The maximum absolute atomic E-state index is 14.1. The topological polar surface area (TPSA) is 135 Å². The number of thiazole rings is 1. The van der Waals surface area contributed by atoms with E-state index >= 15 is 0 Å². The average Bonchev–Trinajstić information content (AvgIpc) is 3.25. The number of ether oxygens (including phenoxy) is 5. The minimum Gasteiger partial charge on any atom is -0.493 e. The highest BCUT2D eigenvalue weighted by atomic mass is 79.9. The molecular weight excluding hydrogens is 656 g/mol. The van der Waals surface area contributed by atoms with Crippen molar-refractivity contribution >= 4 is 45.3 Å². The van der Waals surface area contributed by atoms with Gasteiger partial charge in [-0.2, -0.15) is 0 Å². The van der Waals surface area contributed by atoms with E-state index in [1.165, 1.54) is 23.0 Å². The predicted octanol–water partition coefficient (Wildman–Crippen LogP) is 4.22. The van der Waals surface area contributed by atoms with Gasteiger partial charge >= 0.3 is 11.9 Å². The van der Waals surface area contributed by atoms with Gasteiger partial charge in [-0.25, -0.2) is 14.6 Å². The molecule has 0 unspecified atom stereocenters. The monoisotopic (exact) mass is 688 g/mol. The third-order valence-electron chi connectivity index (χ3n) is 6.35. The number of allylic oxidation sites excluding steroid dienone is 1. The molecule has 0 amide bonds. The van der Waals surface area contributed by atoms with Crippen LogP contribution < -0.4 is 33.8 Å². The Balaban J connectivity index is 1.90. The number of esters is 1. The SMILES string of the molecule is CCOC(=O)C1=C(C)N=c2s/c(=C\c3cc(Br)c(OCC(=O)O)c(OCC)c3)c(=O)n2[C@@H]1c1ccc(OC(C)C)c(OC)c1. The van der Waals surface area contributed by atoms with E-state index in [4.69, 9.17) is 28.8 Å². The molecule has 3 aromatic rings. The number of halogens is 1. The van der Waals surface area contributed by atoms with E-state index < -0.39 is 24.6 Å². The summed E-state index contributed by atoms with van der Waals surface area (Å²) in [4.78, 5) is 43.4. The highest BCUT2D eigenvalue weighted by Gasteiger charge is 2.34. The van der Waals surface area contributed by atoms with Gasteiger partial charge in [0.05, 0.1) is 52.7 Å². The van der Waals surface area contributed by atoms with Gasteiger partial charge in [-0.1, -0.05) is 17.4 Å². The fourth-order valence-corrected chi connectivity index (χ4v) is 6.29. The van der Waals surface area contributed by atoms with Crippen molar-refractivity contribution in [1.29, 1.82) is 0 Å². The van der Waals surface area contributed by atoms with E-state index in [2.05, 4.69) is 20.9 Å². The van der Waals surface area contributed by atoms with Crippen LogP contribution in [0.4, 0.5) is 0 Å². The number of rotatable bonds is 12. The van der Waals surface area contributed by atoms with Crippen LogP contribution in [0.15, 0.2) is 55.9 Å². The Morgan fingerprint density at radius 3 is 2.50 bits per heavy atom. The molecule has 1 N–H and O–H groups in total. The second-order valence-corrected chi connectivity index (χ2v) is 11.7. The molecule has 0 aliphatic carbocycles. The Morgan fingerprint density at radius 1 is 1.11 bits per heavy atom. The maximum atomic E-state index is 14.1. The Hall–Kier alpha value is -4.10. The second-order valence-electron chi connectivity index (χ2n) is 9.82. The van der Waals surface area contributed by atoms with E-state index in [-0.39, 0.29) is 29.6 Å². The molecule has 2 heterocycles. The number of carboxylic acid groups (broad SMARTS) is 1. The fourth-order valence-electron chi connectivity index (χ4n) is 4.67. The largest absolute Gasteiger partial charge is 0.493 e. The molecule has 234 valence electrons. The molecule has 0 spiro atoms. The lowest BCUT2D eigenvalue weighted by Crippen LogP contribution is -2.40. The number of nitrogens with zero attached hydrogens (tertiary/aromatic N) is 2. The quantitative estimate of drug-likeness (QED) is 0.278. The first-order valence-electron chi connectivity index (χ1n) is 13.8. The van der Waals surface area contributed by atoms with Crippen LogP contribution in [0.5, 0.6) is 23.0 Å². The molecule has 44 heavy (non-hydrogen) atoms. The third kappa shape index (κ3) is 6.99. The van der Waals surface area contributed by atoms with Crippen LogP contribution in [-0.2, 0) is 14.3 Å². The average molecular weight is 690 g/mol. The van der Waals surface area contributed by atoms with Crippen molar-refractivity contribution in [3.8, 4) is 23.0 Å². The number of aromatic nitrogens is 1. The van der Waals surface area contributed by atoms with Crippen LogP contribution in [0.25, 0.3) is 6.08 Å². The standard InChI is InChI=1S/C31H33BrN2O9S/c1-7-40-23-12-18(11-20(32)28(23)42-15-25(35)36)13-24-29(37)34-27(19-9-10-21(43-16(3)4)22(14-19)39-6)26(30(38)41-8-2)17(5)33-31(34)44-24/h9-14,16,27H,7-8,15H2,1-6H3,(H,35,36)/b24-13-/t27-/m1/s1. The minimum atomic E-state index is -1.13. The summed E-state index contributed by atoms with van der Waals surface area (Å²) in [5, 5.41) is 9.05. The van der Waals surface area contributed by atoms with Gasteiger partial charge in [-0.05, 0) is 92.0 Å². The maximum Gasteiger partial charge on any atom is 0.341 e. The van der Waals surface area contributed by atoms with E-state index in [0.29, 0.717) is 54.5 Å². The van der Waals surface area contributed by atoms with E-state index in [1.54, 1.807) is 57.2 Å². The van der Waals surface area contributed by atoms with Crippen molar-refractivity contribution in [3.05, 3.63) is 76.9 Å². The van der Waals surface area contributed by atoms with E-state index in [0.717, 1.165) is 0 Å².